The summed E-state index contributed by atoms with van der Waals surface area (Å²) in [6.07, 6.45) is 2.09. The molecular weight excluding hydrogens is 294 g/mol. The van der Waals surface area contributed by atoms with Gasteiger partial charge in [-0.05, 0) is 19.4 Å². The fraction of sp³-hybridized carbons (Fsp3) is 0.769. The Morgan fingerprint density at radius 3 is 2.32 bits per heavy atom. The lowest BCUT2D eigenvalue weighted by Gasteiger charge is -2.26. The minimum absolute atomic E-state index is 0.0460. The third-order valence-electron chi connectivity index (χ3n) is 3.39. The quantitative estimate of drug-likeness (QED) is 0.454. The number of nitrogens with one attached hydrogen (secondary N) is 2. The summed E-state index contributed by atoms with van der Waals surface area (Å²) >= 11 is 0. The Hall–Kier alpha value is -1.71. The number of hydrogen-bond acceptors (Lipinski definition) is 6. The van der Waals surface area contributed by atoms with E-state index in [0.717, 1.165) is 58.8 Å². The van der Waals surface area contributed by atoms with Crippen LogP contribution in [-0.4, -0.2) is 84.9 Å². The third-order valence-corrected chi connectivity index (χ3v) is 3.39. The predicted molar refractivity (Wildman–Crippen MR) is 76.6 cm³/mol. The minimum atomic E-state index is -1.82. The highest BCUT2D eigenvalue weighted by atomic mass is 16.5. The molecular formula is C13H23N3O6. The molecule has 126 valence electrons. The number of morpholine rings is 1. The zero-order valence-electron chi connectivity index (χ0n) is 12.4. The normalized spacial score (nSPS) is 21.5. The molecule has 0 aromatic rings. The van der Waals surface area contributed by atoms with E-state index in [9.17, 15) is 4.79 Å². The molecule has 0 aliphatic carbocycles. The first-order chi connectivity index (χ1) is 10.5. The summed E-state index contributed by atoms with van der Waals surface area (Å²) in [6, 6.07) is 0.0460. The van der Waals surface area contributed by atoms with Crippen molar-refractivity contribution in [2.75, 3.05) is 45.9 Å². The molecule has 0 bridgehead atoms. The van der Waals surface area contributed by atoms with Crippen LogP contribution < -0.4 is 10.6 Å². The molecule has 9 heteroatoms. The van der Waals surface area contributed by atoms with Crippen LogP contribution in [0.4, 0.5) is 0 Å². The average Bonchev–Trinajstić information content (AvgIpc) is 3.03. The maximum absolute atomic E-state index is 11.7. The summed E-state index contributed by atoms with van der Waals surface area (Å²) in [5.41, 5.74) is 0. The van der Waals surface area contributed by atoms with Crippen molar-refractivity contribution in [2.24, 2.45) is 0 Å². The highest BCUT2D eigenvalue weighted by Gasteiger charge is 2.21. The second-order valence-corrected chi connectivity index (χ2v) is 5.00. The number of nitrogens with zero attached hydrogens (tertiary/aromatic N) is 1. The van der Waals surface area contributed by atoms with E-state index in [0.29, 0.717) is 0 Å². The van der Waals surface area contributed by atoms with Crippen molar-refractivity contribution in [1.82, 2.24) is 15.5 Å². The summed E-state index contributed by atoms with van der Waals surface area (Å²) in [5.74, 6) is -3.49. The molecule has 4 N–H and O–H groups in total. The second kappa shape index (κ2) is 10.1. The number of carbonyl (C=O) groups excluding carboxylic acids is 1. The average molecular weight is 317 g/mol. The monoisotopic (exact) mass is 317 g/mol. The van der Waals surface area contributed by atoms with Gasteiger partial charge < -0.3 is 25.6 Å². The van der Waals surface area contributed by atoms with Gasteiger partial charge in [0.05, 0.1) is 19.3 Å². The molecule has 2 aliphatic rings. The molecule has 0 aromatic heterocycles. The van der Waals surface area contributed by atoms with Gasteiger partial charge in [-0.3, -0.25) is 9.69 Å². The number of aliphatic carboxylic acids is 2. The number of amides is 1. The predicted octanol–water partition coefficient (Wildman–Crippen LogP) is -1.66. The fourth-order valence-corrected chi connectivity index (χ4v) is 2.19. The van der Waals surface area contributed by atoms with Crippen molar-refractivity contribution in [2.45, 2.75) is 18.9 Å². The Labute approximate surface area is 128 Å². The van der Waals surface area contributed by atoms with Gasteiger partial charge in [-0.1, -0.05) is 0 Å². The van der Waals surface area contributed by atoms with E-state index in [-0.39, 0.29) is 11.9 Å². The standard InChI is InChI=1S/C11H21N3O2.C2H2O4/c15-11(10-2-1-3-12-10)13-4-5-14-6-8-16-9-7-14;3-1(4)2(5)6/h10,12H,1-9H2,(H,13,15);(H,3,4)(H,5,6). The lowest BCUT2D eigenvalue weighted by molar-refractivity contribution is -0.159. The lowest BCUT2D eigenvalue weighted by Crippen LogP contribution is -2.45. The molecule has 22 heavy (non-hydrogen) atoms. The highest BCUT2D eigenvalue weighted by molar-refractivity contribution is 6.27. The Morgan fingerprint density at radius 1 is 1.18 bits per heavy atom. The summed E-state index contributed by atoms with van der Waals surface area (Å²) in [4.78, 5) is 32.2. The largest absolute Gasteiger partial charge is 0.473 e. The highest BCUT2D eigenvalue weighted by Crippen LogP contribution is 2.04. The smallest absolute Gasteiger partial charge is 0.414 e. The van der Waals surface area contributed by atoms with Crippen molar-refractivity contribution >= 4 is 17.8 Å². The molecule has 1 unspecified atom stereocenters. The molecule has 2 fully saturated rings. The van der Waals surface area contributed by atoms with E-state index in [4.69, 9.17) is 24.5 Å². The van der Waals surface area contributed by atoms with E-state index >= 15 is 0 Å². The molecule has 1 atom stereocenters. The van der Waals surface area contributed by atoms with E-state index in [1.54, 1.807) is 0 Å². The Morgan fingerprint density at radius 2 is 1.82 bits per heavy atom. The SMILES string of the molecule is O=C(NCCN1CCOCC1)C1CCCN1.O=C(O)C(=O)O. The second-order valence-electron chi connectivity index (χ2n) is 5.00. The Balaban J connectivity index is 0.000000346. The first-order valence-electron chi connectivity index (χ1n) is 7.28. The third kappa shape index (κ3) is 7.34. The zero-order chi connectivity index (χ0) is 16.4. The van der Waals surface area contributed by atoms with Gasteiger partial charge in [0, 0.05) is 26.2 Å². The van der Waals surface area contributed by atoms with Gasteiger partial charge in [-0.2, -0.15) is 0 Å². The van der Waals surface area contributed by atoms with Gasteiger partial charge in [0.25, 0.3) is 0 Å². The topological polar surface area (TPSA) is 128 Å². The van der Waals surface area contributed by atoms with E-state index in [2.05, 4.69) is 15.5 Å². The molecule has 9 nitrogen and oxygen atoms in total. The molecule has 2 aliphatic heterocycles. The Kier molecular flexibility index (Phi) is 8.41. The van der Waals surface area contributed by atoms with E-state index < -0.39 is 11.9 Å². The minimum Gasteiger partial charge on any atom is -0.473 e. The summed E-state index contributed by atoms with van der Waals surface area (Å²) in [7, 11) is 0. The first kappa shape index (κ1) is 18.3. The van der Waals surface area contributed by atoms with Crippen molar-refractivity contribution in [3.63, 3.8) is 0 Å². The van der Waals surface area contributed by atoms with Crippen molar-refractivity contribution in [3.05, 3.63) is 0 Å². The lowest BCUT2D eigenvalue weighted by atomic mass is 10.2. The summed E-state index contributed by atoms with van der Waals surface area (Å²) in [5, 5.41) is 21.0. The van der Waals surface area contributed by atoms with Gasteiger partial charge in [-0.15, -0.1) is 0 Å². The maximum Gasteiger partial charge on any atom is 0.414 e. The van der Waals surface area contributed by atoms with E-state index in [1.165, 1.54) is 0 Å². The molecule has 0 radical (unpaired) electrons. The van der Waals surface area contributed by atoms with Crippen LogP contribution in [0, 0.1) is 0 Å². The van der Waals surface area contributed by atoms with Gasteiger partial charge in [-0.25, -0.2) is 9.59 Å². The number of ether oxygens (including phenoxy) is 1. The van der Waals surface area contributed by atoms with E-state index in [1.807, 2.05) is 0 Å². The first-order valence-corrected chi connectivity index (χ1v) is 7.28. The number of rotatable bonds is 4. The number of carbonyl (C=O) groups is 3. The fourth-order valence-electron chi connectivity index (χ4n) is 2.19. The molecule has 2 heterocycles. The molecule has 0 aromatic carbocycles. The van der Waals surface area contributed by atoms with Crippen LogP contribution in [0.1, 0.15) is 12.8 Å². The molecule has 1 amide bonds. The van der Waals surface area contributed by atoms with Crippen LogP contribution >= 0.6 is 0 Å². The van der Waals surface area contributed by atoms with Crippen molar-refractivity contribution < 1.29 is 29.3 Å². The number of carboxylic acids is 2. The molecule has 2 rings (SSSR count). The van der Waals surface area contributed by atoms with Crippen LogP contribution in [0.25, 0.3) is 0 Å². The molecule has 0 saturated carbocycles. The van der Waals surface area contributed by atoms with Crippen LogP contribution in [-0.2, 0) is 19.1 Å². The number of carboxylic acid groups (broad SMARTS) is 2. The number of hydrogen-bond donors (Lipinski definition) is 4. The summed E-state index contributed by atoms with van der Waals surface area (Å²) in [6.45, 7) is 6.26. The van der Waals surface area contributed by atoms with Crippen molar-refractivity contribution in [1.29, 1.82) is 0 Å². The maximum atomic E-state index is 11.7. The van der Waals surface area contributed by atoms with Crippen LogP contribution in [0.3, 0.4) is 0 Å². The van der Waals surface area contributed by atoms with Gasteiger partial charge in [0.2, 0.25) is 5.91 Å². The van der Waals surface area contributed by atoms with Gasteiger partial charge >= 0.3 is 11.9 Å². The van der Waals surface area contributed by atoms with Crippen LogP contribution in [0.5, 0.6) is 0 Å². The van der Waals surface area contributed by atoms with Crippen molar-refractivity contribution in [3.8, 4) is 0 Å². The summed E-state index contributed by atoms with van der Waals surface area (Å²) < 4.78 is 5.27. The van der Waals surface area contributed by atoms with Gasteiger partial charge in [0.15, 0.2) is 0 Å². The van der Waals surface area contributed by atoms with Crippen LogP contribution in [0.2, 0.25) is 0 Å². The Bertz CT molecular complexity index is 366. The van der Waals surface area contributed by atoms with Crippen LogP contribution in [0.15, 0.2) is 0 Å². The molecule has 2 saturated heterocycles. The molecule has 0 spiro atoms. The zero-order valence-corrected chi connectivity index (χ0v) is 12.4. The van der Waals surface area contributed by atoms with Gasteiger partial charge in [0.1, 0.15) is 0 Å².